The molecule has 16 heteroatoms. The highest BCUT2D eigenvalue weighted by molar-refractivity contribution is 7.99. The van der Waals surface area contributed by atoms with E-state index >= 15 is 0 Å². The molecular formula is C32H26ClF3N6O4S2. The highest BCUT2D eigenvalue weighted by Gasteiger charge is 2.33. The molecule has 5 heterocycles. The quantitative estimate of drug-likeness (QED) is 0.174. The summed E-state index contributed by atoms with van der Waals surface area (Å²) in [5, 5.41) is 22.1. The molecule has 1 aliphatic heterocycles. The molecule has 1 aromatic carbocycles. The van der Waals surface area contributed by atoms with Gasteiger partial charge in [-0.2, -0.15) is 18.4 Å². The summed E-state index contributed by atoms with van der Waals surface area (Å²) in [6, 6.07) is 8.94. The van der Waals surface area contributed by atoms with E-state index in [1.165, 1.54) is 50.3 Å². The molecule has 1 N–H and O–H groups in total. The van der Waals surface area contributed by atoms with Crippen molar-refractivity contribution in [1.82, 2.24) is 24.4 Å². The number of carboxylic acid groups (broad SMARTS) is 1. The van der Waals surface area contributed by atoms with Crippen LogP contribution in [0.2, 0.25) is 5.02 Å². The number of hydrogen-bond donors (Lipinski definition) is 1. The number of nitriles is 1. The topological polar surface area (TPSA) is 134 Å². The first kappa shape index (κ1) is 33.7. The maximum Gasteiger partial charge on any atom is 0.401 e. The number of rotatable bonds is 9. The van der Waals surface area contributed by atoms with Crippen molar-refractivity contribution < 1.29 is 27.8 Å². The van der Waals surface area contributed by atoms with E-state index in [-0.39, 0.29) is 53.5 Å². The second kappa shape index (κ2) is 13.7. The Morgan fingerprint density at radius 3 is 2.71 bits per heavy atom. The van der Waals surface area contributed by atoms with Crippen molar-refractivity contribution in [1.29, 1.82) is 5.26 Å². The molecule has 0 unspecified atom stereocenters. The van der Waals surface area contributed by atoms with Crippen molar-refractivity contribution in [3.05, 3.63) is 74.4 Å². The van der Waals surface area contributed by atoms with Crippen LogP contribution in [-0.2, 0) is 6.54 Å². The van der Waals surface area contributed by atoms with Gasteiger partial charge in [0, 0.05) is 33.0 Å². The Hall–Kier alpha value is -4.23. The molecule has 48 heavy (non-hydrogen) atoms. The number of ether oxygens (including phenoxy) is 1. The molecule has 0 spiro atoms. The van der Waals surface area contributed by atoms with Gasteiger partial charge in [0.15, 0.2) is 0 Å². The average Bonchev–Trinajstić information content (AvgIpc) is 3.48. The maximum atomic E-state index is 13.8. The van der Waals surface area contributed by atoms with Crippen LogP contribution in [0.15, 0.2) is 51.9 Å². The van der Waals surface area contributed by atoms with E-state index in [2.05, 4.69) is 21.0 Å². The van der Waals surface area contributed by atoms with Crippen molar-refractivity contribution in [3.63, 3.8) is 0 Å². The first-order valence-corrected chi connectivity index (χ1v) is 16.9. The van der Waals surface area contributed by atoms with Gasteiger partial charge in [-0.25, -0.2) is 14.8 Å². The Balaban J connectivity index is 1.24. The van der Waals surface area contributed by atoms with Gasteiger partial charge >= 0.3 is 12.1 Å². The number of aryl methyl sites for hydroxylation is 1. The number of benzene rings is 1. The highest BCUT2D eigenvalue weighted by atomic mass is 35.5. The molecule has 0 radical (unpaired) electrons. The fourth-order valence-corrected chi connectivity index (χ4v) is 8.08. The van der Waals surface area contributed by atoms with Crippen LogP contribution in [0.1, 0.15) is 34.6 Å². The molecule has 0 atom stereocenters. The lowest BCUT2D eigenvalue weighted by Gasteiger charge is -2.31. The molecule has 0 amide bonds. The molecule has 1 aliphatic rings. The molecular weight excluding hydrogens is 689 g/mol. The average molecular weight is 715 g/mol. The number of alkyl halides is 3. The van der Waals surface area contributed by atoms with Crippen molar-refractivity contribution >= 4 is 61.8 Å². The predicted molar refractivity (Wildman–Crippen MR) is 177 cm³/mol. The summed E-state index contributed by atoms with van der Waals surface area (Å²) in [6.07, 6.45) is -0.308. The Kier molecular flexibility index (Phi) is 9.62. The highest BCUT2D eigenvalue weighted by Crippen LogP contribution is 2.40. The van der Waals surface area contributed by atoms with Crippen molar-refractivity contribution in [2.75, 3.05) is 26.2 Å². The minimum atomic E-state index is -4.26. The van der Waals surface area contributed by atoms with E-state index in [9.17, 15) is 33.1 Å². The molecule has 1 saturated heterocycles. The summed E-state index contributed by atoms with van der Waals surface area (Å²) in [6.45, 7) is 1.41. The monoisotopic (exact) mass is 714 g/mol. The van der Waals surface area contributed by atoms with Gasteiger partial charge in [-0.15, -0.1) is 23.1 Å². The molecule has 5 aromatic rings. The molecule has 6 rings (SSSR count). The summed E-state index contributed by atoms with van der Waals surface area (Å²) in [7, 11) is 0. The number of piperidine rings is 1. The number of halogens is 4. The normalized spacial score (nSPS) is 14.4. The number of likely N-dealkylation sites (tertiary alicyclic amines) is 1. The molecule has 4 aromatic heterocycles. The Morgan fingerprint density at radius 2 is 2.00 bits per heavy atom. The number of pyridine rings is 2. The number of nitrogens with zero attached hydrogens (tertiary/aromatic N) is 6. The minimum absolute atomic E-state index is 0.0483. The van der Waals surface area contributed by atoms with Crippen LogP contribution in [-0.4, -0.2) is 73.2 Å². The zero-order chi connectivity index (χ0) is 34.2. The van der Waals surface area contributed by atoms with Gasteiger partial charge in [-0.05, 0) is 57.1 Å². The standard InChI is InChI=1S/C32H26ClF3N6O4S2/c1-17-40-24-14-39-29(48-19-5-8-41(9-6-19)16-32(34,35)36)22(13-37)26(24)30(43)42(17)10-11-46-25-3-2-18(33)12-21(25)20-4-7-38-27-23(31(44)45)15-47-28(20)27/h2-4,7,12,14-15,19H,5-6,8-11,16H2,1H3,(H,44,45). The van der Waals surface area contributed by atoms with E-state index in [4.69, 9.17) is 16.3 Å². The van der Waals surface area contributed by atoms with Crippen molar-refractivity contribution in [2.24, 2.45) is 0 Å². The third-order valence-corrected chi connectivity index (χ3v) is 10.5. The van der Waals surface area contributed by atoms with E-state index in [1.807, 2.05) is 0 Å². The second-order valence-electron chi connectivity index (χ2n) is 11.1. The number of thioether (sulfide) groups is 1. The number of aromatic nitrogens is 4. The van der Waals surface area contributed by atoms with E-state index in [0.29, 0.717) is 55.8 Å². The SMILES string of the molecule is Cc1nc2cnc(SC3CCN(CC(F)(F)F)CC3)c(C#N)c2c(=O)n1CCOc1ccc(Cl)cc1-c1ccnc2c(C(=O)O)csc12. The molecule has 1 fully saturated rings. The van der Waals surface area contributed by atoms with Crippen molar-refractivity contribution in [3.8, 4) is 22.9 Å². The summed E-state index contributed by atoms with van der Waals surface area (Å²) in [4.78, 5) is 40.1. The smallest absolute Gasteiger partial charge is 0.401 e. The van der Waals surface area contributed by atoms with E-state index in [1.54, 1.807) is 31.2 Å². The fourth-order valence-electron chi connectivity index (χ4n) is 5.74. The van der Waals surface area contributed by atoms with Crippen LogP contribution >= 0.6 is 34.7 Å². The molecule has 0 bridgehead atoms. The maximum absolute atomic E-state index is 13.8. The third-order valence-electron chi connectivity index (χ3n) is 7.97. The third kappa shape index (κ3) is 6.98. The zero-order valence-electron chi connectivity index (χ0n) is 25.3. The van der Waals surface area contributed by atoms with Gasteiger partial charge in [-0.1, -0.05) is 11.6 Å². The first-order chi connectivity index (χ1) is 22.9. The largest absolute Gasteiger partial charge is 0.491 e. The van der Waals surface area contributed by atoms with Gasteiger partial charge in [0.05, 0.1) is 51.5 Å². The van der Waals surface area contributed by atoms with Gasteiger partial charge < -0.3 is 9.84 Å². The van der Waals surface area contributed by atoms with Gasteiger partial charge in [0.2, 0.25) is 0 Å². The van der Waals surface area contributed by atoms with Crippen LogP contribution in [0.5, 0.6) is 5.75 Å². The lowest BCUT2D eigenvalue weighted by Crippen LogP contribution is -2.40. The summed E-state index contributed by atoms with van der Waals surface area (Å²) >= 11 is 8.89. The van der Waals surface area contributed by atoms with Crippen molar-refractivity contribution in [2.45, 2.75) is 42.8 Å². The van der Waals surface area contributed by atoms with Crippen LogP contribution in [0.4, 0.5) is 13.2 Å². The Morgan fingerprint density at radius 1 is 1.23 bits per heavy atom. The number of aromatic carboxylic acids is 1. The molecule has 0 saturated carbocycles. The van der Waals surface area contributed by atoms with E-state index < -0.39 is 24.2 Å². The number of hydrogen-bond acceptors (Lipinski definition) is 10. The van der Waals surface area contributed by atoms with Crippen LogP contribution < -0.4 is 10.3 Å². The molecule has 248 valence electrons. The van der Waals surface area contributed by atoms with Gasteiger partial charge in [0.25, 0.3) is 5.56 Å². The summed E-state index contributed by atoms with van der Waals surface area (Å²) < 4.78 is 46.7. The summed E-state index contributed by atoms with van der Waals surface area (Å²) in [5.41, 5.74) is 1.69. The molecule has 10 nitrogen and oxygen atoms in total. The lowest BCUT2D eigenvalue weighted by atomic mass is 10.0. The number of carbonyl (C=O) groups is 1. The number of fused-ring (bicyclic) bond motifs is 2. The second-order valence-corrected chi connectivity index (χ2v) is 13.7. The lowest BCUT2D eigenvalue weighted by molar-refractivity contribution is -0.147. The summed E-state index contributed by atoms with van der Waals surface area (Å²) in [5.74, 6) is -0.228. The number of thiophene rings is 1. The Bertz CT molecular complexity index is 2140. The minimum Gasteiger partial charge on any atom is -0.491 e. The Labute approximate surface area is 284 Å². The van der Waals surface area contributed by atoms with Crippen LogP contribution in [0.3, 0.4) is 0 Å². The fraction of sp³-hybridized carbons (Fsp3) is 0.312. The van der Waals surface area contributed by atoms with Gasteiger partial charge in [0.1, 0.15) is 29.3 Å². The molecule has 0 aliphatic carbocycles. The van der Waals surface area contributed by atoms with Crippen LogP contribution in [0, 0.1) is 18.3 Å². The van der Waals surface area contributed by atoms with Gasteiger partial charge in [-0.3, -0.25) is 19.2 Å². The van der Waals surface area contributed by atoms with Crippen LogP contribution in [0.25, 0.3) is 32.2 Å². The van der Waals surface area contributed by atoms with E-state index in [0.717, 1.165) is 0 Å². The zero-order valence-corrected chi connectivity index (χ0v) is 27.6. The number of carboxylic acids is 1. The predicted octanol–water partition coefficient (Wildman–Crippen LogP) is 6.80. The first-order valence-electron chi connectivity index (χ1n) is 14.7.